The van der Waals surface area contributed by atoms with Crippen LogP contribution in [0, 0.1) is 0 Å². The second-order valence-electron chi connectivity index (χ2n) is 4.82. The molecule has 0 saturated heterocycles. The van der Waals surface area contributed by atoms with E-state index < -0.39 is 0 Å². The highest BCUT2D eigenvalue weighted by Crippen LogP contribution is 2.23. The Balaban J connectivity index is 1.65. The van der Waals surface area contributed by atoms with Crippen molar-refractivity contribution in [2.24, 2.45) is 0 Å². The number of benzene rings is 1. The Hall–Kier alpha value is -1.39. The highest BCUT2D eigenvalue weighted by atomic mass is 32.1. The fraction of sp³-hybridized carbons (Fsp3) is 0.357. The lowest BCUT2D eigenvalue weighted by Gasteiger charge is -2.16. The maximum Gasteiger partial charge on any atom is 0.0795 e. The fourth-order valence-electron chi connectivity index (χ4n) is 2.40. The molecular weight excluding hydrogens is 242 g/mol. The summed E-state index contributed by atoms with van der Waals surface area (Å²) in [6, 6.07) is 6.77. The Morgan fingerprint density at radius 2 is 2.33 bits per heavy atom. The van der Waals surface area contributed by atoms with Gasteiger partial charge >= 0.3 is 0 Å². The van der Waals surface area contributed by atoms with E-state index in [1.807, 2.05) is 5.51 Å². The average Bonchev–Trinajstić information content (AvgIpc) is 2.98. The molecule has 0 aliphatic carbocycles. The summed E-state index contributed by atoms with van der Waals surface area (Å²) in [5.41, 5.74) is 7.17. The van der Waals surface area contributed by atoms with Crippen molar-refractivity contribution in [1.29, 1.82) is 0 Å². The van der Waals surface area contributed by atoms with E-state index in [1.165, 1.54) is 16.8 Å². The SMILES string of the molecule is CN(Cc1ccc2c(c1)NCC2)Cc1cscn1. The van der Waals surface area contributed by atoms with Gasteiger partial charge in [-0.2, -0.15) is 0 Å². The van der Waals surface area contributed by atoms with Gasteiger partial charge in [-0.3, -0.25) is 4.90 Å². The molecule has 1 aromatic heterocycles. The van der Waals surface area contributed by atoms with E-state index in [2.05, 4.69) is 45.8 Å². The molecule has 94 valence electrons. The number of thiazole rings is 1. The number of aromatic nitrogens is 1. The van der Waals surface area contributed by atoms with E-state index in [4.69, 9.17) is 0 Å². The van der Waals surface area contributed by atoms with Crippen LogP contribution in [0.5, 0.6) is 0 Å². The van der Waals surface area contributed by atoms with Crippen molar-refractivity contribution in [1.82, 2.24) is 9.88 Å². The third-order valence-corrected chi connectivity index (χ3v) is 3.89. The standard InChI is InChI=1S/C14H17N3S/c1-17(8-13-9-18-10-16-13)7-11-2-3-12-4-5-15-14(12)6-11/h2-3,6,9-10,15H,4-5,7-8H2,1H3. The topological polar surface area (TPSA) is 28.2 Å². The summed E-state index contributed by atoms with van der Waals surface area (Å²) in [4.78, 5) is 6.62. The highest BCUT2D eigenvalue weighted by Gasteiger charge is 2.11. The van der Waals surface area contributed by atoms with Crippen LogP contribution in [-0.4, -0.2) is 23.5 Å². The molecule has 0 bridgehead atoms. The fourth-order valence-corrected chi connectivity index (χ4v) is 2.95. The molecule has 0 spiro atoms. The second kappa shape index (κ2) is 5.08. The number of hydrogen-bond acceptors (Lipinski definition) is 4. The third-order valence-electron chi connectivity index (χ3n) is 3.25. The first-order valence-electron chi connectivity index (χ1n) is 6.22. The Bertz CT molecular complexity index is 522. The first kappa shape index (κ1) is 11.7. The lowest BCUT2D eigenvalue weighted by molar-refractivity contribution is 0.316. The summed E-state index contributed by atoms with van der Waals surface area (Å²) in [5, 5.41) is 5.54. The Kier molecular flexibility index (Phi) is 3.30. The van der Waals surface area contributed by atoms with E-state index >= 15 is 0 Å². The number of fused-ring (bicyclic) bond motifs is 1. The smallest absolute Gasteiger partial charge is 0.0795 e. The molecule has 0 fully saturated rings. The summed E-state index contributed by atoms with van der Waals surface area (Å²) in [5.74, 6) is 0. The molecule has 0 atom stereocenters. The van der Waals surface area contributed by atoms with Crippen LogP contribution in [0.4, 0.5) is 5.69 Å². The Morgan fingerprint density at radius 3 is 3.17 bits per heavy atom. The molecule has 3 nitrogen and oxygen atoms in total. The first-order chi connectivity index (χ1) is 8.81. The molecule has 1 aliphatic heterocycles. The monoisotopic (exact) mass is 259 g/mol. The van der Waals surface area contributed by atoms with Crippen molar-refractivity contribution < 1.29 is 0 Å². The molecule has 3 rings (SSSR count). The van der Waals surface area contributed by atoms with Crippen molar-refractivity contribution in [3.8, 4) is 0 Å². The normalized spacial score (nSPS) is 13.7. The van der Waals surface area contributed by atoms with Gasteiger partial charge in [0.15, 0.2) is 0 Å². The van der Waals surface area contributed by atoms with Gasteiger partial charge in [-0.25, -0.2) is 4.98 Å². The zero-order valence-corrected chi connectivity index (χ0v) is 11.3. The zero-order valence-electron chi connectivity index (χ0n) is 10.5. The van der Waals surface area contributed by atoms with Crippen LogP contribution in [0.2, 0.25) is 0 Å². The van der Waals surface area contributed by atoms with E-state index in [0.717, 1.165) is 31.7 Å². The second-order valence-corrected chi connectivity index (χ2v) is 5.54. The van der Waals surface area contributed by atoms with Crippen LogP contribution in [0.15, 0.2) is 29.1 Å². The number of nitrogens with one attached hydrogen (secondary N) is 1. The average molecular weight is 259 g/mol. The molecule has 4 heteroatoms. The van der Waals surface area contributed by atoms with Gasteiger partial charge in [0.05, 0.1) is 11.2 Å². The minimum atomic E-state index is 0.911. The van der Waals surface area contributed by atoms with Crippen LogP contribution in [0.1, 0.15) is 16.8 Å². The lowest BCUT2D eigenvalue weighted by Crippen LogP contribution is -2.17. The highest BCUT2D eigenvalue weighted by molar-refractivity contribution is 7.07. The predicted octanol–water partition coefficient (Wildman–Crippen LogP) is 2.74. The quantitative estimate of drug-likeness (QED) is 0.915. The molecule has 1 aromatic carbocycles. The molecule has 2 aromatic rings. The molecule has 0 saturated carbocycles. The largest absolute Gasteiger partial charge is 0.384 e. The van der Waals surface area contributed by atoms with Crippen molar-refractivity contribution in [2.75, 3.05) is 18.9 Å². The molecule has 0 unspecified atom stereocenters. The Morgan fingerprint density at radius 1 is 1.39 bits per heavy atom. The van der Waals surface area contributed by atoms with Crippen LogP contribution >= 0.6 is 11.3 Å². The number of rotatable bonds is 4. The molecule has 18 heavy (non-hydrogen) atoms. The lowest BCUT2D eigenvalue weighted by atomic mass is 10.1. The van der Waals surface area contributed by atoms with Crippen LogP contribution in [0.25, 0.3) is 0 Å². The zero-order chi connectivity index (χ0) is 12.4. The first-order valence-corrected chi connectivity index (χ1v) is 7.17. The van der Waals surface area contributed by atoms with E-state index in [9.17, 15) is 0 Å². The number of hydrogen-bond donors (Lipinski definition) is 1. The Labute approximate surface area is 111 Å². The predicted molar refractivity (Wildman–Crippen MR) is 75.9 cm³/mol. The van der Waals surface area contributed by atoms with Crippen LogP contribution in [0.3, 0.4) is 0 Å². The van der Waals surface area contributed by atoms with Gasteiger partial charge in [0, 0.05) is 30.7 Å². The maximum atomic E-state index is 4.32. The molecule has 2 heterocycles. The van der Waals surface area contributed by atoms with Crippen LogP contribution < -0.4 is 5.32 Å². The van der Waals surface area contributed by atoms with Gasteiger partial charge in [-0.1, -0.05) is 12.1 Å². The summed E-state index contributed by atoms with van der Waals surface area (Å²) in [7, 11) is 2.14. The summed E-state index contributed by atoms with van der Waals surface area (Å²) < 4.78 is 0. The summed E-state index contributed by atoms with van der Waals surface area (Å²) in [6.45, 7) is 2.95. The minimum absolute atomic E-state index is 0.911. The number of nitrogens with zero attached hydrogens (tertiary/aromatic N) is 2. The molecule has 0 amide bonds. The molecular formula is C14H17N3S. The van der Waals surface area contributed by atoms with E-state index in [-0.39, 0.29) is 0 Å². The molecule has 1 N–H and O–H groups in total. The van der Waals surface area contributed by atoms with Crippen molar-refractivity contribution in [2.45, 2.75) is 19.5 Å². The van der Waals surface area contributed by atoms with Gasteiger partial charge in [0.2, 0.25) is 0 Å². The third kappa shape index (κ3) is 2.54. The van der Waals surface area contributed by atoms with Crippen LogP contribution in [-0.2, 0) is 19.5 Å². The van der Waals surface area contributed by atoms with Crippen molar-refractivity contribution >= 4 is 17.0 Å². The summed E-state index contributed by atoms with van der Waals surface area (Å²) >= 11 is 1.66. The van der Waals surface area contributed by atoms with Crippen molar-refractivity contribution in [3.63, 3.8) is 0 Å². The van der Waals surface area contributed by atoms with E-state index in [0.29, 0.717) is 0 Å². The maximum absolute atomic E-state index is 4.32. The summed E-state index contributed by atoms with van der Waals surface area (Å²) in [6.07, 6.45) is 1.16. The minimum Gasteiger partial charge on any atom is -0.384 e. The van der Waals surface area contributed by atoms with Gasteiger partial charge in [-0.15, -0.1) is 11.3 Å². The van der Waals surface area contributed by atoms with Gasteiger partial charge in [0.25, 0.3) is 0 Å². The molecule has 1 aliphatic rings. The van der Waals surface area contributed by atoms with Crippen molar-refractivity contribution in [3.05, 3.63) is 45.9 Å². The molecule has 0 radical (unpaired) electrons. The van der Waals surface area contributed by atoms with Gasteiger partial charge < -0.3 is 5.32 Å². The van der Waals surface area contributed by atoms with Gasteiger partial charge in [-0.05, 0) is 30.7 Å². The van der Waals surface area contributed by atoms with Gasteiger partial charge in [0.1, 0.15) is 0 Å². The number of anilines is 1. The van der Waals surface area contributed by atoms with E-state index in [1.54, 1.807) is 11.3 Å².